The SMILES string of the molecule is Cc1cc(NC(=O)Cn2ncnc2-c2cccc(C#N)c2)n(C)n1. The van der Waals surface area contributed by atoms with Crippen LogP contribution in [0.1, 0.15) is 11.3 Å². The summed E-state index contributed by atoms with van der Waals surface area (Å²) in [6.07, 6.45) is 1.38. The predicted octanol–water partition coefficient (Wildman–Crippen LogP) is 1.50. The van der Waals surface area contributed by atoms with Gasteiger partial charge in [-0.15, -0.1) is 0 Å². The summed E-state index contributed by atoms with van der Waals surface area (Å²) in [5, 5.41) is 20.1. The highest BCUT2D eigenvalue weighted by Gasteiger charge is 2.13. The van der Waals surface area contributed by atoms with Crippen molar-refractivity contribution in [1.29, 1.82) is 5.26 Å². The largest absolute Gasteiger partial charge is 0.309 e. The molecule has 0 radical (unpaired) electrons. The van der Waals surface area contributed by atoms with Crippen LogP contribution >= 0.6 is 0 Å². The van der Waals surface area contributed by atoms with Gasteiger partial charge in [0.05, 0.1) is 17.3 Å². The van der Waals surface area contributed by atoms with Gasteiger partial charge in [-0.1, -0.05) is 12.1 Å². The summed E-state index contributed by atoms with van der Waals surface area (Å²) < 4.78 is 3.10. The Kier molecular flexibility index (Phi) is 4.07. The summed E-state index contributed by atoms with van der Waals surface area (Å²) in [6, 6.07) is 10.9. The van der Waals surface area contributed by atoms with Crippen LogP contribution in [0.4, 0.5) is 5.82 Å². The number of aryl methyl sites for hydroxylation is 2. The number of aromatic nitrogens is 5. The minimum Gasteiger partial charge on any atom is -0.309 e. The number of nitrogens with one attached hydrogen (secondary N) is 1. The maximum absolute atomic E-state index is 12.3. The van der Waals surface area contributed by atoms with Crippen molar-refractivity contribution in [3.8, 4) is 17.5 Å². The Morgan fingerprint density at radius 3 is 2.92 bits per heavy atom. The molecule has 0 aliphatic heterocycles. The second-order valence-electron chi connectivity index (χ2n) is 5.28. The Bertz CT molecular complexity index is 932. The fourth-order valence-corrected chi connectivity index (χ4v) is 2.38. The summed E-state index contributed by atoms with van der Waals surface area (Å²) in [5.74, 6) is 0.912. The van der Waals surface area contributed by atoms with Crippen molar-refractivity contribution in [2.75, 3.05) is 5.32 Å². The van der Waals surface area contributed by atoms with E-state index in [9.17, 15) is 4.79 Å². The second-order valence-corrected chi connectivity index (χ2v) is 5.28. The van der Waals surface area contributed by atoms with Crippen LogP contribution < -0.4 is 5.32 Å². The number of hydrogen-bond acceptors (Lipinski definition) is 5. The zero-order valence-corrected chi connectivity index (χ0v) is 13.3. The van der Waals surface area contributed by atoms with E-state index in [1.54, 1.807) is 36.0 Å². The van der Waals surface area contributed by atoms with Crippen molar-refractivity contribution in [3.05, 3.63) is 47.9 Å². The standard InChI is InChI=1S/C16H15N7O/c1-11-6-14(22(2)21-11)20-15(24)9-23-16(18-10-19-23)13-5-3-4-12(7-13)8-17/h3-7,10H,9H2,1-2H3,(H,20,24). The van der Waals surface area contributed by atoms with E-state index < -0.39 is 0 Å². The molecule has 8 nitrogen and oxygen atoms in total. The molecule has 0 fully saturated rings. The first-order valence-corrected chi connectivity index (χ1v) is 7.25. The van der Waals surface area contributed by atoms with Crippen LogP contribution in [0, 0.1) is 18.3 Å². The molecule has 2 heterocycles. The van der Waals surface area contributed by atoms with Crippen molar-refractivity contribution < 1.29 is 4.79 Å². The molecule has 0 aliphatic rings. The number of amides is 1. The van der Waals surface area contributed by atoms with E-state index in [1.807, 2.05) is 13.0 Å². The minimum absolute atomic E-state index is 0.0103. The summed E-state index contributed by atoms with van der Waals surface area (Å²) in [4.78, 5) is 16.4. The number of carbonyl (C=O) groups excluding carboxylic acids is 1. The molecule has 0 aliphatic carbocycles. The molecule has 3 aromatic rings. The molecule has 0 atom stereocenters. The average Bonchev–Trinajstić information content (AvgIpc) is 3.14. The van der Waals surface area contributed by atoms with Crippen LogP contribution in [0.2, 0.25) is 0 Å². The van der Waals surface area contributed by atoms with Gasteiger partial charge < -0.3 is 5.32 Å². The van der Waals surface area contributed by atoms with Gasteiger partial charge in [-0.3, -0.25) is 9.48 Å². The lowest BCUT2D eigenvalue weighted by Gasteiger charge is -2.08. The first kappa shape index (κ1) is 15.4. The molecule has 1 N–H and O–H groups in total. The molecule has 8 heteroatoms. The number of anilines is 1. The molecule has 1 amide bonds. The van der Waals surface area contributed by atoms with Crippen molar-refractivity contribution in [3.63, 3.8) is 0 Å². The summed E-state index contributed by atoms with van der Waals surface area (Å²) in [7, 11) is 1.76. The van der Waals surface area contributed by atoms with Gasteiger partial charge >= 0.3 is 0 Å². The lowest BCUT2D eigenvalue weighted by Crippen LogP contribution is -2.21. The smallest absolute Gasteiger partial charge is 0.247 e. The van der Waals surface area contributed by atoms with Gasteiger partial charge in [-0.25, -0.2) is 9.67 Å². The number of rotatable bonds is 4. The van der Waals surface area contributed by atoms with Crippen LogP contribution in [-0.4, -0.2) is 30.5 Å². The molecular formula is C16H15N7O. The van der Waals surface area contributed by atoms with Gasteiger partial charge in [-0.05, 0) is 19.1 Å². The van der Waals surface area contributed by atoms with Crippen LogP contribution in [-0.2, 0) is 18.4 Å². The third-order valence-corrected chi connectivity index (χ3v) is 3.43. The molecule has 0 spiro atoms. The second kappa shape index (κ2) is 6.34. The number of nitrogens with zero attached hydrogens (tertiary/aromatic N) is 6. The van der Waals surface area contributed by atoms with Crippen molar-refractivity contribution >= 4 is 11.7 Å². The van der Waals surface area contributed by atoms with E-state index in [-0.39, 0.29) is 12.5 Å². The van der Waals surface area contributed by atoms with Gasteiger partial charge in [0.2, 0.25) is 5.91 Å². The molecule has 0 bridgehead atoms. The monoisotopic (exact) mass is 321 g/mol. The summed E-state index contributed by atoms with van der Waals surface area (Å²) >= 11 is 0. The van der Waals surface area contributed by atoms with Crippen molar-refractivity contribution in [2.45, 2.75) is 13.5 Å². The zero-order chi connectivity index (χ0) is 17.1. The topological polar surface area (TPSA) is 101 Å². The average molecular weight is 321 g/mol. The molecule has 0 saturated heterocycles. The van der Waals surface area contributed by atoms with Gasteiger partial charge in [0.1, 0.15) is 18.7 Å². The molecule has 2 aromatic heterocycles. The molecule has 0 unspecified atom stereocenters. The zero-order valence-electron chi connectivity index (χ0n) is 13.3. The van der Waals surface area contributed by atoms with E-state index in [2.05, 4.69) is 26.6 Å². The quantitative estimate of drug-likeness (QED) is 0.784. The van der Waals surface area contributed by atoms with E-state index in [1.165, 1.54) is 11.0 Å². The molecule has 3 rings (SSSR count). The number of benzene rings is 1. The Morgan fingerprint density at radius 2 is 2.21 bits per heavy atom. The highest BCUT2D eigenvalue weighted by Crippen LogP contribution is 2.17. The van der Waals surface area contributed by atoms with E-state index >= 15 is 0 Å². The summed E-state index contributed by atoms with van der Waals surface area (Å²) in [5.41, 5.74) is 2.08. The highest BCUT2D eigenvalue weighted by molar-refractivity contribution is 5.90. The fourth-order valence-electron chi connectivity index (χ4n) is 2.38. The molecule has 24 heavy (non-hydrogen) atoms. The number of carbonyl (C=O) groups is 1. The van der Waals surface area contributed by atoms with Crippen LogP contribution in [0.5, 0.6) is 0 Å². The molecule has 1 aromatic carbocycles. The predicted molar refractivity (Wildman–Crippen MR) is 86.7 cm³/mol. The van der Waals surface area contributed by atoms with Crippen LogP contribution in [0.25, 0.3) is 11.4 Å². The third kappa shape index (κ3) is 3.15. The Labute approximate surface area is 138 Å². The highest BCUT2D eigenvalue weighted by atomic mass is 16.2. The maximum Gasteiger partial charge on any atom is 0.247 e. The maximum atomic E-state index is 12.3. The first-order valence-electron chi connectivity index (χ1n) is 7.25. The van der Waals surface area contributed by atoms with Crippen molar-refractivity contribution in [1.82, 2.24) is 24.5 Å². The lowest BCUT2D eigenvalue weighted by atomic mass is 10.1. The Morgan fingerprint density at radius 1 is 1.38 bits per heavy atom. The van der Waals surface area contributed by atoms with Crippen molar-refractivity contribution in [2.24, 2.45) is 7.05 Å². The number of nitriles is 1. The number of hydrogen-bond donors (Lipinski definition) is 1. The lowest BCUT2D eigenvalue weighted by molar-refractivity contribution is -0.116. The van der Waals surface area contributed by atoms with E-state index in [0.29, 0.717) is 17.2 Å². The normalized spacial score (nSPS) is 10.4. The molecule has 120 valence electrons. The van der Waals surface area contributed by atoms with E-state index in [4.69, 9.17) is 5.26 Å². The van der Waals surface area contributed by atoms with Gasteiger partial charge in [0, 0.05) is 18.7 Å². The Hall–Kier alpha value is -3.47. The molecular weight excluding hydrogens is 306 g/mol. The first-order chi connectivity index (χ1) is 11.6. The fraction of sp³-hybridized carbons (Fsp3) is 0.188. The minimum atomic E-state index is -0.235. The van der Waals surface area contributed by atoms with Gasteiger partial charge in [-0.2, -0.15) is 15.5 Å². The Balaban J connectivity index is 1.79. The van der Waals surface area contributed by atoms with Gasteiger partial charge in [0.15, 0.2) is 5.82 Å². The molecule has 0 saturated carbocycles. The van der Waals surface area contributed by atoms with E-state index in [0.717, 1.165) is 11.3 Å². The van der Waals surface area contributed by atoms with Crippen LogP contribution in [0.3, 0.4) is 0 Å². The van der Waals surface area contributed by atoms with Crippen LogP contribution in [0.15, 0.2) is 36.7 Å². The third-order valence-electron chi connectivity index (χ3n) is 3.43. The van der Waals surface area contributed by atoms with Gasteiger partial charge in [0.25, 0.3) is 0 Å². The summed E-state index contributed by atoms with van der Waals surface area (Å²) in [6.45, 7) is 1.86.